The van der Waals surface area contributed by atoms with Crippen LogP contribution in [0.3, 0.4) is 0 Å². The predicted octanol–water partition coefficient (Wildman–Crippen LogP) is 2.82. The van der Waals surface area contributed by atoms with Gasteiger partial charge in [-0.05, 0) is 18.6 Å². The van der Waals surface area contributed by atoms with Crippen molar-refractivity contribution in [1.82, 2.24) is 9.97 Å². The van der Waals surface area contributed by atoms with Gasteiger partial charge < -0.3 is 10.1 Å². The fraction of sp³-hybridized carbons (Fsp3) is 0.250. The first-order valence-corrected chi connectivity index (χ1v) is 5.24. The number of H-pyrrole nitrogens is 1. The molecule has 1 unspecified atom stereocenters. The highest BCUT2D eigenvalue weighted by atomic mass is 19.4. The summed E-state index contributed by atoms with van der Waals surface area (Å²) in [7, 11) is 0. The van der Waals surface area contributed by atoms with Gasteiger partial charge in [-0.1, -0.05) is 6.07 Å². The number of alkyl halides is 3. The van der Waals surface area contributed by atoms with Crippen molar-refractivity contribution in [2.45, 2.75) is 19.2 Å². The molecule has 3 nitrogen and oxygen atoms in total. The van der Waals surface area contributed by atoms with E-state index >= 15 is 0 Å². The summed E-state index contributed by atoms with van der Waals surface area (Å²) in [4.78, 5) is 6.14. The Hall–Kier alpha value is -1.82. The van der Waals surface area contributed by atoms with Crippen molar-refractivity contribution >= 4 is 0 Å². The molecule has 0 saturated heterocycles. The quantitative estimate of drug-likeness (QED) is 0.868. The van der Waals surface area contributed by atoms with Gasteiger partial charge in [0.05, 0.1) is 0 Å². The molecule has 2 rings (SSSR count). The number of aromatic amines is 1. The first kappa shape index (κ1) is 12.6. The molecule has 0 bridgehead atoms. The smallest absolute Gasteiger partial charge is 0.384 e. The summed E-state index contributed by atoms with van der Waals surface area (Å²) >= 11 is 0. The zero-order valence-corrected chi connectivity index (χ0v) is 9.49. The molecule has 0 amide bonds. The Morgan fingerprint density at radius 2 is 2.00 bits per heavy atom. The van der Waals surface area contributed by atoms with Gasteiger partial charge in [0.1, 0.15) is 11.8 Å². The molecular formula is C12H11F3N2O. The molecular weight excluding hydrogens is 245 g/mol. The Morgan fingerprint density at radius 1 is 1.28 bits per heavy atom. The topological polar surface area (TPSA) is 48.9 Å². The molecule has 2 aromatic rings. The number of hydrogen-bond acceptors (Lipinski definition) is 2. The number of nitrogens with zero attached hydrogens (tertiary/aromatic N) is 1. The number of aliphatic hydroxyl groups is 1. The number of hydrogen-bond donors (Lipinski definition) is 2. The van der Waals surface area contributed by atoms with Gasteiger partial charge in [-0.2, -0.15) is 13.2 Å². The summed E-state index contributed by atoms with van der Waals surface area (Å²) in [5.74, 6) is 0. The van der Waals surface area contributed by atoms with Crippen LogP contribution in [-0.4, -0.2) is 15.1 Å². The van der Waals surface area contributed by atoms with E-state index < -0.39 is 18.0 Å². The number of aromatic nitrogens is 2. The van der Waals surface area contributed by atoms with E-state index in [4.69, 9.17) is 0 Å². The third-order valence-corrected chi connectivity index (χ3v) is 2.68. The molecule has 0 spiro atoms. The van der Waals surface area contributed by atoms with Crippen LogP contribution in [0.4, 0.5) is 13.2 Å². The Labute approximate surface area is 101 Å². The second-order valence-electron chi connectivity index (χ2n) is 3.97. The Kier molecular flexibility index (Phi) is 3.13. The van der Waals surface area contributed by atoms with Crippen LogP contribution in [0.15, 0.2) is 30.7 Å². The van der Waals surface area contributed by atoms with Gasteiger partial charge in [-0.25, -0.2) is 0 Å². The molecule has 0 aromatic carbocycles. The van der Waals surface area contributed by atoms with Crippen LogP contribution in [0, 0.1) is 6.92 Å². The summed E-state index contributed by atoms with van der Waals surface area (Å²) in [6, 6.07) is 2.09. The highest BCUT2D eigenvalue weighted by Gasteiger charge is 2.32. The number of pyridine rings is 1. The van der Waals surface area contributed by atoms with Gasteiger partial charge in [0, 0.05) is 29.7 Å². The van der Waals surface area contributed by atoms with Crippen molar-refractivity contribution in [2.75, 3.05) is 0 Å². The minimum Gasteiger partial charge on any atom is -0.384 e. The van der Waals surface area contributed by atoms with E-state index in [0.717, 1.165) is 17.8 Å². The van der Waals surface area contributed by atoms with E-state index in [-0.39, 0.29) is 0 Å². The molecule has 0 fully saturated rings. The minimum absolute atomic E-state index is 0.325. The maximum atomic E-state index is 12.3. The highest BCUT2D eigenvalue weighted by molar-refractivity contribution is 5.32. The van der Waals surface area contributed by atoms with Gasteiger partial charge in [0.15, 0.2) is 0 Å². The van der Waals surface area contributed by atoms with Gasteiger partial charge in [-0.3, -0.25) is 4.98 Å². The molecule has 1 atom stereocenters. The van der Waals surface area contributed by atoms with Crippen LogP contribution in [0.5, 0.6) is 0 Å². The predicted molar refractivity (Wildman–Crippen MR) is 58.8 cm³/mol. The lowest BCUT2D eigenvalue weighted by atomic mass is 10.0. The summed E-state index contributed by atoms with van der Waals surface area (Å²) in [6.45, 7) is 1.80. The van der Waals surface area contributed by atoms with Crippen LogP contribution in [0.1, 0.15) is 28.5 Å². The van der Waals surface area contributed by atoms with E-state index in [9.17, 15) is 18.3 Å². The fourth-order valence-electron chi connectivity index (χ4n) is 1.66. The van der Waals surface area contributed by atoms with E-state index in [0.29, 0.717) is 11.1 Å². The highest BCUT2D eigenvalue weighted by Crippen LogP contribution is 2.29. The molecule has 0 radical (unpaired) electrons. The number of aliphatic hydroxyl groups excluding tert-OH is 1. The Balaban J connectivity index is 2.28. The molecule has 18 heavy (non-hydrogen) atoms. The van der Waals surface area contributed by atoms with Crippen LogP contribution in [-0.2, 0) is 6.18 Å². The minimum atomic E-state index is -4.46. The monoisotopic (exact) mass is 256 g/mol. The first-order chi connectivity index (χ1) is 8.39. The molecule has 0 aliphatic carbocycles. The van der Waals surface area contributed by atoms with Crippen molar-refractivity contribution in [2.24, 2.45) is 0 Å². The number of halogens is 3. The lowest BCUT2D eigenvalue weighted by molar-refractivity contribution is -0.141. The maximum absolute atomic E-state index is 12.3. The molecule has 2 N–H and O–H groups in total. The normalized spacial score (nSPS) is 13.6. The first-order valence-electron chi connectivity index (χ1n) is 5.24. The number of aryl methyl sites for hydroxylation is 1. The molecule has 0 saturated carbocycles. The standard InChI is InChI=1S/C12H11F3N2O/c1-7-4-16-6-9(7)11(18)8-2-3-10(17-5-8)12(13,14)15/h2-6,11,16,18H,1H3. The molecule has 6 heteroatoms. The van der Waals surface area contributed by atoms with Crippen LogP contribution < -0.4 is 0 Å². The van der Waals surface area contributed by atoms with Crippen molar-refractivity contribution in [3.63, 3.8) is 0 Å². The largest absolute Gasteiger partial charge is 0.433 e. The Morgan fingerprint density at radius 3 is 2.44 bits per heavy atom. The fourth-order valence-corrected chi connectivity index (χ4v) is 1.66. The zero-order valence-electron chi connectivity index (χ0n) is 9.49. The van der Waals surface area contributed by atoms with Gasteiger partial charge in [-0.15, -0.1) is 0 Å². The third-order valence-electron chi connectivity index (χ3n) is 2.68. The van der Waals surface area contributed by atoms with Crippen molar-refractivity contribution in [3.05, 3.63) is 53.1 Å². The molecule has 96 valence electrons. The summed E-state index contributed by atoms with van der Waals surface area (Å²) < 4.78 is 37.0. The SMILES string of the molecule is Cc1c[nH]cc1C(O)c1ccc(C(F)(F)F)nc1. The van der Waals surface area contributed by atoms with Crippen molar-refractivity contribution in [3.8, 4) is 0 Å². The molecule has 2 aromatic heterocycles. The second-order valence-corrected chi connectivity index (χ2v) is 3.97. The number of rotatable bonds is 2. The van der Waals surface area contributed by atoms with Crippen molar-refractivity contribution in [1.29, 1.82) is 0 Å². The molecule has 0 aliphatic rings. The van der Waals surface area contributed by atoms with Crippen LogP contribution >= 0.6 is 0 Å². The van der Waals surface area contributed by atoms with E-state index in [1.807, 2.05) is 0 Å². The van der Waals surface area contributed by atoms with Crippen LogP contribution in [0.25, 0.3) is 0 Å². The average Bonchev–Trinajstić information content (AvgIpc) is 2.73. The lowest BCUT2D eigenvalue weighted by Gasteiger charge is -2.12. The molecule has 2 heterocycles. The molecule has 0 aliphatic heterocycles. The van der Waals surface area contributed by atoms with E-state index in [1.165, 1.54) is 6.07 Å². The van der Waals surface area contributed by atoms with Crippen molar-refractivity contribution < 1.29 is 18.3 Å². The summed E-state index contributed by atoms with van der Waals surface area (Å²) in [5.41, 5.74) is 0.814. The third kappa shape index (κ3) is 2.38. The van der Waals surface area contributed by atoms with Gasteiger partial charge in [0.2, 0.25) is 0 Å². The van der Waals surface area contributed by atoms with E-state index in [1.54, 1.807) is 19.3 Å². The van der Waals surface area contributed by atoms with Gasteiger partial charge >= 0.3 is 6.18 Å². The summed E-state index contributed by atoms with van der Waals surface area (Å²) in [5, 5.41) is 10.0. The Bertz CT molecular complexity index is 531. The summed E-state index contributed by atoms with van der Waals surface area (Å²) in [6.07, 6.45) is -1.09. The van der Waals surface area contributed by atoms with Gasteiger partial charge in [0.25, 0.3) is 0 Å². The van der Waals surface area contributed by atoms with Crippen LogP contribution in [0.2, 0.25) is 0 Å². The maximum Gasteiger partial charge on any atom is 0.433 e. The van der Waals surface area contributed by atoms with E-state index in [2.05, 4.69) is 9.97 Å². The second kappa shape index (κ2) is 4.45. The average molecular weight is 256 g/mol. The zero-order chi connectivity index (χ0) is 13.3. The number of nitrogens with one attached hydrogen (secondary N) is 1. The lowest BCUT2D eigenvalue weighted by Crippen LogP contribution is -2.09.